The van der Waals surface area contributed by atoms with Gasteiger partial charge in [0.25, 0.3) is 0 Å². The van der Waals surface area contributed by atoms with E-state index in [1.165, 1.54) is 0 Å². The fourth-order valence-electron chi connectivity index (χ4n) is 3.85. The number of carboxylic acid groups (broad SMARTS) is 2. The van der Waals surface area contributed by atoms with Crippen molar-refractivity contribution >= 4 is 66.8 Å². The molecule has 0 atom stereocenters. The first kappa shape index (κ1) is 80.8. The molecule has 0 saturated carbocycles. The van der Waals surface area contributed by atoms with Crippen molar-refractivity contribution in [3.63, 3.8) is 0 Å². The number of carbonyl (C=O) groups is 2. The molecule has 2 N–H and O–H groups in total. The van der Waals surface area contributed by atoms with Crippen molar-refractivity contribution in [3.8, 4) is 0 Å². The minimum absolute atomic E-state index is 0. The highest BCUT2D eigenvalue weighted by molar-refractivity contribution is 5.79. The number of aliphatic carboxylic acids is 2. The molecule has 0 aliphatic heterocycles. The molecule has 10 rings (SSSR count). The van der Waals surface area contributed by atoms with Crippen LogP contribution in [-0.2, 0) is 9.59 Å². The second kappa shape index (κ2) is 77.2. The number of rotatable bonds is 2. The Kier molecular flexibility index (Phi) is 83.1. The molecule has 0 radical (unpaired) electrons. The van der Waals surface area contributed by atoms with Crippen LogP contribution in [0, 0.1) is 0 Å². The molecule has 0 unspecified atom stereocenters. The van der Waals surface area contributed by atoms with E-state index in [9.17, 15) is 9.59 Å². The second-order valence-corrected chi connectivity index (χ2v) is 12.6. The molecule has 0 fully saturated rings. The Morgan fingerprint density at radius 1 is 0.173 bits per heavy atom. The van der Waals surface area contributed by atoms with Crippen LogP contribution in [0.1, 0.15) is 0 Å². The predicted molar refractivity (Wildman–Crippen MR) is 357 cm³/mol. The summed E-state index contributed by atoms with van der Waals surface area (Å²) in [5.74, 6) is -1.96. The van der Waals surface area contributed by atoms with E-state index in [2.05, 4.69) is 13.2 Å². The molecule has 0 saturated heterocycles. The molecule has 0 amide bonds. The summed E-state index contributed by atoms with van der Waals surface area (Å²) in [6.45, 7) is 5.92. The minimum atomic E-state index is -0.981. The van der Waals surface area contributed by atoms with Crippen LogP contribution in [0.25, 0.3) is 0 Å². The summed E-state index contributed by atoms with van der Waals surface area (Å²) in [4.78, 5) is 18.5. The monoisotopic (exact) mass is 1080 g/mol. The van der Waals surface area contributed by atoms with Gasteiger partial charge in [-0.1, -0.05) is 377 Å². The van der Waals surface area contributed by atoms with Crippen molar-refractivity contribution in [3.05, 3.63) is 389 Å². The molecule has 0 spiro atoms. The van der Waals surface area contributed by atoms with E-state index in [-0.39, 0.29) is 54.8 Å². The lowest BCUT2D eigenvalue weighted by Gasteiger charge is -1.69. The van der Waals surface area contributed by atoms with Gasteiger partial charge >= 0.3 is 11.9 Å². The van der Waals surface area contributed by atoms with Crippen LogP contribution in [0.3, 0.4) is 0 Å². The van der Waals surface area contributed by atoms with Crippen LogP contribution in [0.2, 0.25) is 0 Å². The SMILES string of the molecule is C=CC(=O)O.C=CC(=O)O.[SiH4].[SiH4].[SiH4].[SiH4].[SiH4].c1ccccc1.c1ccccc1.c1ccccc1.c1ccccc1.c1ccccc1.c1ccccc1.c1ccccc1.c1ccccc1.c1ccccc1.c1ccccc1. The Labute approximate surface area is 473 Å². The minimum Gasteiger partial charge on any atom is -0.478 e. The first-order valence-corrected chi connectivity index (χ1v) is 22.2. The van der Waals surface area contributed by atoms with Crippen molar-refractivity contribution in [1.29, 1.82) is 0 Å². The van der Waals surface area contributed by atoms with Crippen LogP contribution >= 0.6 is 0 Å². The first-order valence-electron chi connectivity index (χ1n) is 22.2. The topological polar surface area (TPSA) is 74.6 Å². The lowest BCUT2D eigenvalue weighted by atomic mass is 10.4. The molecule has 0 bridgehead atoms. The molecule has 0 aromatic heterocycles. The average molecular weight is 1090 g/mol. The zero-order valence-electron chi connectivity index (χ0n) is 39.9. The van der Waals surface area contributed by atoms with Gasteiger partial charge in [-0.15, -0.1) is 0 Å². The predicted octanol–water partition coefficient (Wildman–Crippen LogP) is 10.1. The summed E-state index contributed by atoms with van der Waals surface area (Å²) in [6, 6.07) is 120. The quantitative estimate of drug-likeness (QED) is 0.134. The first-order chi connectivity index (χ1) is 34.5. The average Bonchev–Trinajstić information content (AvgIpc) is 3.49. The third kappa shape index (κ3) is 85.9. The van der Waals surface area contributed by atoms with Crippen LogP contribution in [0.4, 0.5) is 0 Å². The number of hydrogen-bond donors (Lipinski definition) is 2. The molecule has 75 heavy (non-hydrogen) atoms. The zero-order chi connectivity index (χ0) is 51.0. The Morgan fingerprint density at radius 3 is 0.213 bits per heavy atom. The lowest BCUT2D eigenvalue weighted by molar-refractivity contribution is -0.132. The van der Waals surface area contributed by atoms with E-state index in [4.69, 9.17) is 10.2 Å². The smallest absolute Gasteiger partial charge is 0.327 e. The summed E-state index contributed by atoms with van der Waals surface area (Å²) in [6.07, 6.45) is 1.67. The summed E-state index contributed by atoms with van der Waals surface area (Å²) in [5, 5.41) is 15.2. The van der Waals surface area contributed by atoms with Gasteiger partial charge in [0, 0.05) is 12.2 Å². The highest BCUT2D eigenvalue weighted by atomic mass is 28.1. The summed E-state index contributed by atoms with van der Waals surface area (Å²) in [5.41, 5.74) is 0. The van der Waals surface area contributed by atoms with Crippen molar-refractivity contribution in [2.45, 2.75) is 0 Å². The van der Waals surface area contributed by atoms with Gasteiger partial charge in [0.2, 0.25) is 0 Å². The fraction of sp³-hybridized carbons (Fsp3) is 0. The largest absolute Gasteiger partial charge is 0.478 e. The van der Waals surface area contributed by atoms with E-state index >= 15 is 0 Å². The van der Waals surface area contributed by atoms with Gasteiger partial charge in [0.15, 0.2) is 0 Å². The summed E-state index contributed by atoms with van der Waals surface area (Å²) in [7, 11) is 0. The molecule has 9 heteroatoms. The molecule has 0 aliphatic carbocycles. The van der Waals surface area contributed by atoms with Crippen LogP contribution in [0.15, 0.2) is 389 Å². The van der Waals surface area contributed by atoms with E-state index in [1.807, 2.05) is 364 Å². The van der Waals surface area contributed by atoms with E-state index in [1.54, 1.807) is 0 Å². The van der Waals surface area contributed by atoms with Crippen molar-refractivity contribution in [2.24, 2.45) is 0 Å². The van der Waals surface area contributed by atoms with Crippen LogP contribution in [0.5, 0.6) is 0 Å². The van der Waals surface area contributed by atoms with Gasteiger partial charge in [0.05, 0.1) is 0 Å². The highest BCUT2D eigenvalue weighted by Gasteiger charge is 1.74. The maximum atomic E-state index is 9.25. The van der Waals surface area contributed by atoms with E-state index in [0.29, 0.717) is 0 Å². The second-order valence-electron chi connectivity index (χ2n) is 12.6. The van der Waals surface area contributed by atoms with Crippen LogP contribution < -0.4 is 0 Å². The molecular weight excluding hydrogens is 997 g/mol. The molecule has 10 aromatic carbocycles. The maximum Gasteiger partial charge on any atom is 0.327 e. The van der Waals surface area contributed by atoms with E-state index < -0.39 is 11.9 Å². The van der Waals surface area contributed by atoms with Gasteiger partial charge in [-0.05, 0) is 54.8 Å². The van der Waals surface area contributed by atoms with Gasteiger partial charge in [-0.3, -0.25) is 0 Å². The molecular formula is C66H88O4Si5. The normalized spacial score (nSPS) is 7.25. The zero-order valence-corrected chi connectivity index (χ0v) is 39.9. The molecule has 4 nitrogen and oxygen atoms in total. The Balaban J connectivity index is -0.000000134. The van der Waals surface area contributed by atoms with E-state index in [0.717, 1.165) is 12.2 Å². The van der Waals surface area contributed by atoms with Crippen molar-refractivity contribution in [1.82, 2.24) is 0 Å². The summed E-state index contributed by atoms with van der Waals surface area (Å²) >= 11 is 0. The molecule has 396 valence electrons. The molecule has 0 heterocycles. The number of hydrogen-bond acceptors (Lipinski definition) is 2. The van der Waals surface area contributed by atoms with Crippen molar-refractivity contribution in [2.75, 3.05) is 0 Å². The third-order valence-electron chi connectivity index (χ3n) is 7.02. The summed E-state index contributed by atoms with van der Waals surface area (Å²) < 4.78 is 0. The fourth-order valence-corrected chi connectivity index (χ4v) is 3.85. The Bertz CT molecular complexity index is 1580. The third-order valence-corrected chi connectivity index (χ3v) is 7.02. The standard InChI is InChI=1S/10C6H6.2C3H4O2.5H4Si/c10*1-2-4-6-5-3-1;2*1-2-3(4)5;;;;;/h10*1-6H;2*2H,1H2,(H,4,5);5*1H4. The number of benzene rings is 10. The lowest BCUT2D eigenvalue weighted by Crippen LogP contribution is -1.82. The molecule has 0 aliphatic rings. The highest BCUT2D eigenvalue weighted by Crippen LogP contribution is 1.85. The Hall–Kier alpha value is -8.30. The van der Waals surface area contributed by atoms with Gasteiger partial charge < -0.3 is 10.2 Å². The van der Waals surface area contributed by atoms with Gasteiger partial charge in [-0.25, -0.2) is 9.59 Å². The Morgan fingerprint density at radius 2 is 0.200 bits per heavy atom. The maximum absolute atomic E-state index is 9.25. The number of carboxylic acids is 2. The van der Waals surface area contributed by atoms with Gasteiger partial charge in [-0.2, -0.15) is 0 Å². The van der Waals surface area contributed by atoms with Crippen molar-refractivity contribution < 1.29 is 19.8 Å². The van der Waals surface area contributed by atoms with Gasteiger partial charge in [0.1, 0.15) is 0 Å². The van der Waals surface area contributed by atoms with Crippen LogP contribution in [-0.4, -0.2) is 77.0 Å². The molecule has 10 aromatic rings.